The lowest BCUT2D eigenvalue weighted by atomic mass is 10.1. The summed E-state index contributed by atoms with van der Waals surface area (Å²) >= 11 is 0. The van der Waals surface area contributed by atoms with Crippen molar-refractivity contribution in [3.8, 4) is 0 Å². The van der Waals surface area contributed by atoms with Crippen LogP contribution in [0.4, 0.5) is 17.6 Å². The maximum Gasteiger partial charge on any atom is 0.243 e. The predicted octanol–water partition coefficient (Wildman–Crippen LogP) is 1.81. The molecule has 3 N–H and O–H groups in total. The van der Waals surface area contributed by atoms with Crippen molar-refractivity contribution in [3.05, 3.63) is 35.3 Å². The van der Waals surface area contributed by atoms with E-state index >= 15 is 0 Å². The summed E-state index contributed by atoms with van der Waals surface area (Å²) in [7, 11) is 3.84. The minimum absolute atomic E-state index is 0.176. The lowest BCUT2D eigenvalue weighted by Gasteiger charge is -2.36. The zero-order valence-corrected chi connectivity index (χ0v) is 22.0. The van der Waals surface area contributed by atoms with Crippen molar-refractivity contribution in [2.45, 2.75) is 46.1 Å². The molecule has 1 aliphatic heterocycles. The molecule has 0 bridgehead atoms. The van der Waals surface area contributed by atoms with Gasteiger partial charge in [0.15, 0.2) is 11.5 Å². The Hall–Kier alpha value is -3.47. The van der Waals surface area contributed by atoms with Gasteiger partial charge >= 0.3 is 0 Å². The number of nitrogens with zero attached hydrogens (tertiary/aromatic N) is 8. The number of nitrogens with two attached hydrogens (primary N) is 1. The monoisotopic (exact) mass is 494 g/mol. The van der Waals surface area contributed by atoms with E-state index in [4.69, 9.17) is 10.7 Å². The largest absolute Gasteiger partial charge is 0.380 e. The van der Waals surface area contributed by atoms with Crippen LogP contribution in [-0.4, -0.2) is 93.1 Å². The number of nitrogens with one attached hydrogen (secondary N) is 1. The summed E-state index contributed by atoms with van der Waals surface area (Å²) in [5, 5.41) is 8.04. The highest BCUT2D eigenvalue weighted by molar-refractivity contribution is 5.78. The molecule has 1 aliphatic rings. The number of pyridine rings is 1. The molecule has 11 heteroatoms. The summed E-state index contributed by atoms with van der Waals surface area (Å²) in [4.78, 5) is 32.1. The molecule has 0 aromatic carbocycles. The van der Waals surface area contributed by atoms with E-state index in [1.807, 2.05) is 30.1 Å². The smallest absolute Gasteiger partial charge is 0.243 e. The molecule has 0 spiro atoms. The van der Waals surface area contributed by atoms with Crippen LogP contribution >= 0.6 is 0 Å². The van der Waals surface area contributed by atoms with Crippen molar-refractivity contribution < 1.29 is 4.79 Å². The van der Waals surface area contributed by atoms with Gasteiger partial charge in [-0.15, -0.1) is 5.10 Å². The average molecular weight is 495 g/mol. The number of aryl methyl sites for hydroxylation is 1. The first kappa shape index (κ1) is 25.6. The van der Waals surface area contributed by atoms with Crippen LogP contribution in [0.5, 0.6) is 0 Å². The van der Waals surface area contributed by atoms with Gasteiger partial charge in [0.05, 0.1) is 18.4 Å². The molecule has 1 amide bonds. The molecule has 1 saturated heterocycles. The highest BCUT2D eigenvalue weighted by Crippen LogP contribution is 2.22. The van der Waals surface area contributed by atoms with E-state index in [1.54, 1.807) is 10.7 Å². The molecular weight excluding hydrogens is 456 g/mol. The Balaban J connectivity index is 1.47. The number of anilines is 3. The van der Waals surface area contributed by atoms with Crippen LogP contribution in [-0.2, 0) is 11.2 Å². The number of rotatable bonds is 9. The third kappa shape index (κ3) is 5.67. The first-order valence-electron chi connectivity index (χ1n) is 12.7. The summed E-state index contributed by atoms with van der Waals surface area (Å²) in [5.74, 6) is 2.02. The fraction of sp³-hybridized carbons (Fsp3) is 0.560. The second-order valence-corrected chi connectivity index (χ2v) is 9.73. The van der Waals surface area contributed by atoms with Crippen molar-refractivity contribution in [1.29, 1.82) is 0 Å². The number of hydrogen-bond donors (Lipinski definition) is 2. The SMILES string of the molecule is CCC(CC)Nc1nc(N)c2ncc(Cc3cnc(N4CCN(C(=O)CN(C)C)CC4)c(C)c3)n2n1. The molecule has 3 aromatic heterocycles. The van der Waals surface area contributed by atoms with Crippen LogP contribution in [0.1, 0.15) is 43.5 Å². The molecule has 194 valence electrons. The molecule has 0 atom stereocenters. The van der Waals surface area contributed by atoms with Crippen molar-refractivity contribution >= 4 is 29.1 Å². The van der Waals surface area contributed by atoms with E-state index in [9.17, 15) is 4.79 Å². The van der Waals surface area contributed by atoms with Gasteiger partial charge in [-0.05, 0) is 45.0 Å². The summed E-state index contributed by atoms with van der Waals surface area (Å²) in [5.41, 5.74) is 9.85. The molecule has 3 aromatic rings. The van der Waals surface area contributed by atoms with Crippen molar-refractivity contribution in [2.24, 2.45) is 0 Å². The van der Waals surface area contributed by atoms with Gasteiger partial charge in [-0.3, -0.25) is 4.79 Å². The molecule has 4 rings (SSSR count). The first-order valence-corrected chi connectivity index (χ1v) is 12.7. The van der Waals surface area contributed by atoms with Crippen LogP contribution < -0.4 is 16.0 Å². The average Bonchev–Trinajstić information content (AvgIpc) is 3.25. The predicted molar refractivity (Wildman–Crippen MR) is 142 cm³/mol. The molecule has 0 aliphatic carbocycles. The summed E-state index contributed by atoms with van der Waals surface area (Å²) in [6.07, 6.45) is 6.30. The normalized spacial score (nSPS) is 14.3. The first-order chi connectivity index (χ1) is 17.3. The second-order valence-electron chi connectivity index (χ2n) is 9.73. The van der Waals surface area contributed by atoms with E-state index < -0.39 is 0 Å². The van der Waals surface area contributed by atoms with Crippen LogP contribution in [0, 0.1) is 6.92 Å². The Kier molecular flexibility index (Phi) is 7.88. The Morgan fingerprint density at radius 3 is 2.50 bits per heavy atom. The second kappa shape index (κ2) is 11.1. The summed E-state index contributed by atoms with van der Waals surface area (Å²) in [6, 6.07) is 2.46. The zero-order chi connectivity index (χ0) is 25.8. The van der Waals surface area contributed by atoms with Gasteiger partial charge < -0.3 is 25.8 Å². The number of amides is 1. The minimum atomic E-state index is 0.176. The van der Waals surface area contributed by atoms with Gasteiger partial charge in [0.1, 0.15) is 5.82 Å². The van der Waals surface area contributed by atoms with E-state index in [1.165, 1.54) is 0 Å². The Morgan fingerprint density at radius 2 is 1.86 bits per heavy atom. The Bertz CT molecular complexity index is 1200. The van der Waals surface area contributed by atoms with E-state index in [0.717, 1.165) is 48.6 Å². The third-order valence-corrected chi connectivity index (χ3v) is 6.65. The van der Waals surface area contributed by atoms with Gasteiger partial charge in [-0.25, -0.2) is 14.5 Å². The topological polar surface area (TPSA) is 121 Å². The fourth-order valence-corrected chi connectivity index (χ4v) is 4.61. The van der Waals surface area contributed by atoms with Gasteiger partial charge in [0, 0.05) is 44.8 Å². The van der Waals surface area contributed by atoms with Gasteiger partial charge in [-0.2, -0.15) is 4.98 Å². The molecule has 1 fully saturated rings. The number of carbonyl (C=O) groups excluding carboxylic acids is 1. The van der Waals surface area contributed by atoms with Crippen molar-refractivity contribution in [3.63, 3.8) is 0 Å². The number of aromatic nitrogens is 5. The van der Waals surface area contributed by atoms with Crippen molar-refractivity contribution in [2.75, 3.05) is 62.8 Å². The van der Waals surface area contributed by atoms with Crippen LogP contribution in [0.2, 0.25) is 0 Å². The zero-order valence-electron chi connectivity index (χ0n) is 22.0. The minimum Gasteiger partial charge on any atom is -0.380 e. The summed E-state index contributed by atoms with van der Waals surface area (Å²) < 4.78 is 1.78. The molecule has 36 heavy (non-hydrogen) atoms. The number of carbonyl (C=O) groups is 1. The number of hydrogen-bond acceptors (Lipinski definition) is 9. The van der Waals surface area contributed by atoms with Crippen LogP contribution in [0.3, 0.4) is 0 Å². The standard InChI is InChI=1S/C25H38N10O/c1-6-19(7-2)29-25-30-22(26)24-28-15-20(35(24)31-25)13-18-12-17(3)23(27-14-18)34-10-8-33(9-11-34)21(36)16-32(4)5/h12,14-15,19H,6-11,13,16H2,1-5H3,(H3,26,29,30,31). The van der Waals surface area contributed by atoms with Crippen LogP contribution in [0.15, 0.2) is 18.5 Å². The maximum absolute atomic E-state index is 12.4. The molecule has 0 saturated carbocycles. The number of imidazole rings is 1. The van der Waals surface area contributed by atoms with E-state index in [-0.39, 0.29) is 5.91 Å². The van der Waals surface area contributed by atoms with E-state index in [0.29, 0.717) is 49.5 Å². The van der Waals surface area contributed by atoms with Gasteiger partial charge in [0.2, 0.25) is 11.9 Å². The highest BCUT2D eigenvalue weighted by atomic mass is 16.2. The number of nitrogen functional groups attached to an aromatic ring is 1. The Morgan fingerprint density at radius 1 is 1.14 bits per heavy atom. The van der Waals surface area contributed by atoms with Crippen LogP contribution in [0.25, 0.3) is 5.65 Å². The van der Waals surface area contributed by atoms with Crippen molar-refractivity contribution in [1.82, 2.24) is 34.4 Å². The highest BCUT2D eigenvalue weighted by Gasteiger charge is 2.23. The molecule has 0 radical (unpaired) electrons. The maximum atomic E-state index is 12.4. The van der Waals surface area contributed by atoms with Gasteiger partial charge in [0.25, 0.3) is 0 Å². The lowest BCUT2D eigenvalue weighted by Crippen LogP contribution is -2.51. The lowest BCUT2D eigenvalue weighted by molar-refractivity contribution is -0.132. The number of likely N-dealkylation sites (N-methyl/N-ethyl adjacent to an activating group) is 1. The third-order valence-electron chi connectivity index (χ3n) is 6.65. The Labute approximate surface area is 212 Å². The molecule has 4 heterocycles. The van der Waals surface area contributed by atoms with E-state index in [2.05, 4.69) is 52.1 Å². The molecule has 11 nitrogen and oxygen atoms in total. The number of piperazine rings is 1. The summed E-state index contributed by atoms with van der Waals surface area (Å²) in [6.45, 7) is 9.79. The fourth-order valence-electron chi connectivity index (χ4n) is 4.61. The quantitative estimate of drug-likeness (QED) is 0.459. The molecule has 0 unspecified atom stereocenters. The number of fused-ring (bicyclic) bond motifs is 1. The van der Waals surface area contributed by atoms with Gasteiger partial charge in [-0.1, -0.05) is 19.9 Å². The molecular formula is C25H38N10O.